The number of carbonyl (C=O) groups excluding carboxylic acids is 1. The maximum Gasteiger partial charge on any atom is 0.290 e. The van der Waals surface area contributed by atoms with E-state index in [-0.39, 0.29) is 18.6 Å². The number of aryl methyl sites for hydroxylation is 1. The molecule has 18 heavy (non-hydrogen) atoms. The molecule has 1 atom stereocenters. The Bertz CT molecular complexity index is 428. The number of aliphatic hydroxyl groups is 1. The summed E-state index contributed by atoms with van der Waals surface area (Å²) in [5.74, 6) is 0.350. The summed E-state index contributed by atoms with van der Waals surface area (Å²) in [4.78, 5) is 14.3. The van der Waals surface area contributed by atoms with E-state index in [4.69, 9.17) is 9.52 Å². The largest absolute Gasteiger partial charge is 0.444 e. The standard InChI is InChI=1S/C13H18BrNO3/c1-9-8-11(14)18-12(9)13(17)15-6-3-2-4-10(15)5-7-16/h8,10,16H,2-7H2,1H3. The topological polar surface area (TPSA) is 53.7 Å². The van der Waals surface area contributed by atoms with E-state index in [0.29, 0.717) is 16.9 Å². The molecule has 0 aromatic carbocycles. The Balaban J connectivity index is 2.18. The molecule has 4 nitrogen and oxygen atoms in total. The second-order valence-electron chi connectivity index (χ2n) is 4.72. The molecular weight excluding hydrogens is 298 g/mol. The van der Waals surface area contributed by atoms with Crippen molar-refractivity contribution in [1.82, 2.24) is 4.90 Å². The predicted octanol–water partition coefficient (Wildman–Crippen LogP) is 2.73. The van der Waals surface area contributed by atoms with Gasteiger partial charge in [0.15, 0.2) is 10.4 Å². The molecule has 0 saturated carbocycles. The lowest BCUT2D eigenvalue weighted by Crippen LogP contribution is -2.44. The van der Waals surface area contributed by atoms with E-state index in [1.54, 1.807) is 6.07 Å². The summed E-state index contributed by atoms with van der Waals surface area (Å²) < 4.78 is 6.00. The van der Waals surface area contributed by atoms with Crippen LogP contribution in [0, 0.1) is 6.92 Å². The molecule has 1 unspecified atom stereocenters. The number of rotatable bonds is 3. The maximum absolute atomic E-state index is 12.4. The van der Waals surface area contributed by atoms with Crippen molar-refractivity contribution in [2.75, 3.05) is 13.2 Å². The van der Waals surface area contributed by atoms with Crippen LogP contribution < -0.4 is 0 Å². The van der Waals surface area contributed by atoms with Crippen molar-refractivity contribution < 1.29 is 14.3 Å². The second kappa shape index (κ2) is 5.89. The number of nitrogens with zero attached hydrogens (tertiary/aromatic N) is 1. The molecule has 1 saturated heterocycles. The third-order valence-corrected chi connectivity index (χ3v) is 3.82. The van der Waals surface area contributed by atoms with Crippen LogP contribution in [-0.2, 0) is 0 Å². The Morgan fingerprint density at radius 1 is 1.61 bits per heavy atom. The summed E-state index contributed by atoms with van der Waals surface area (Å²) in [5.41, 5.74) is 0.847. The van der Waals surface area contributed by atoms with E-state index < -0.39 is 0 Å². The SMILES string of the molecule is Cc1cc(Br)oc1C(=O)N1CCCCC1CCO. The van der Waals surface area contributed by atoms with Crippen molar-refractivity contribution in [3.05, 3.63) is 22.1 Å². The molecule has 1 amide bonds. The third kappa shape index (κ3) is 2.78. The minimum atomic E-state index is -0.0589. The lowest BCUT2D eigenvalue weighted by atomic mass is 9.99. The first-order valence-corrected chi connectivity index (χ1v) is 7.10. The van der Waals surface area contributed by atoms with Gasteiger partial charge in [-0.15, -0.1) is 0 Å². The summed E-state index contributed by atoms with van der Waals surface area (Å²) in [7, 11) is 0. The lowest BCUT2D eigenvalue weighted by molar-refractivity contribution is 0.0540. The molecule has 5 heteroatoms. The predicted molar refractivity (Wildman–Crippen MR) is 71.5 cm³/mol. The van der Waals surface area contributed by atoms with Crippen molar-refractivity contribution >= 4 is 21.8 Å². The molecule has 1 aromatic heterocycles. The van der Waals surface area contributed by atoms with Crippen LogP contribution in [0.25, 0.3) is 0 Å². The number of likely N-dealkylation sites (tertiary alicyclic amines) is 1. The molecule has 1 aliphatic rings. The van der Waals surface area contributed by atoms with Crippen LogP contribution in [-0.4, -0.2) is 35.1 Å². The minimum Gasteiger partial charge on any atom is -0.444 e. The van der Waals surface area contributed by atoms with Gasteiger partial charge in [-0.1, -0.05) is 0 Å². The van der Waals surface area contributed by atoms with Crippen LogP contribution in [0.4, 0.5) is 0 Å². The zero-order valence-corrected chi connectivity index (χ0v) is 12.1. The van der Waals surface area contributed by atoms with Gasteiger partial charge in [-0.05, 0) is 54.6 Å². The van der Waals surface area contributed by atoms with Crippen LogP contribution in [0.1, 0.15) is 41.8 Å². The fourth-order valence-corrected chi connectivity index (χ4v) is 3.01. The normalized spacial score (nSPS) is 20.2. The number of piperidine rings is 1. The van der Waals surface area contributed by atoms with Gasteiger partial charge in [0.05, 0.1) is 0 Å². The van der Waals surface area contributed by atoms with Crippen molar-refractivity contribution in [3.63, 3.8) is 0 Å². The number of furan rings is 1. The lowest BCUT2D eigenvalue weighted by Gasteiger charge is -2.35. The molecule has 0 radical (unpaired) electrons. The average Bonchev–Trinajstić information content (AvgIpc) is 2.69. The molecular formula is C13H18BrNO3. The average molecular weight is 316 g/mol. The first kappa shape index (κ1) is 13.6. The fraction of sp³-hybridized carbons (Fsp3) is 0.615. The molecule has 100 valence electrons. The zero-order valence-electron chi connectivity index (χ0n) is 10.5. The van der Waals surface area contributed by atoms with E-state index in [2.05, 4.69) is 15.9 Å². The molecule has 2 rings (SSSR count). The van der Waals surface area contributed by atoms with Crippen molar-refractivity contribution in [1.29, 1.82) is 0 Å². The van der Waals surface area contributed by atoms with Crippen molar-refractivity contribution in [3.8, 4) is 0 Å². The summed E-state index contributed by atoms with van der Waals surface area (Å²) in [6.45, 7) is 2.74. The molecule has 1 fully saturated rings. The number of hydrogen-bond donors (Lipinski definition) is 1. The Kier molecular flexibility index (Phi) is 4.45. The van der Waals surface area contributed by atoms with Gasteiger partial charge in [-0.2, -0.15) is 0 Å². The number of hydrogen-bond acceptors (Lipinski definition) is 3. The number of aliphatic hydroxyl groups excluding tert-OH is 1. The highest BCUT2D eigenvalue weighted by molar-refractivity contribution is 9.10. The van der Waals surface area contributed by atoms with Gasteiger partial charge in [0.1, 0.15) is 0 Å². The van der Waals surface area contributed by atoms with E-state index >= 15 is 0 Å². The Hall–Kier alpha value is -0.810. The van der Waals surface area contributed by atoms with E-state index in [1.165, 1.54) is 0 Å². The number of amides is 1. The van der Waals surface area contributed by atoms with Crippen molar-refractivity contribution in [2.45, 2.75) is 38.6 Å². The van der Waals surface area contributed by atoms with Gasteiger partial charge in [-0.25, -0.2) is 0 Å². The van der Waals surface area contributed by atoms with Gasteiger partial charge in [0.2, 0.25) is 0 Å². The van der Waals surface area contributed by atoms with Gasteiger partial charge < -0.3 is 14.4 Å². The fourth-order valence-electron chi connectivity index (χ4n) is 2.50. The van der Waals surface area contributed by atoms with Gasteiger partial charge in [0.25, 0.3) is 5.91 Å². The Morgan fingerprint density at radius 3 is 3.00 bits per heavy atom. The quantitative estimate of drug-likeness (QED) is 0.933. The van der Waals surface area contributed by atoms with Gasteiger partial charge >= 0.3 is 0 Å². The highest BCUT2D eigenvalue weighted by atomic mass is 79.9. The van der Waals surface area contributed by atoms with Gasteiger partial charge in [0, 0.05) is 24.8 Å². The first-order valence-electron chi connectivity index (χ1n) is 6.31. The van der Waals surface area contributed by atoms with Crippen molar-refractivity contribution in [2.24, 2.45) is 0 Å². The highest BCUT2D eigenvalue weighted by Crippen LogP contribution is 2.26. The summed E-state index contributed by atoms with van der Waals surface area (Å²) in [6.07, 6.45) is 3.75. The summed E-state index contributed by atoms with van der Waals surface area (Å²) >= 11 is 3.24. The Morgan fingerprint density at radius 2 is 2.39 bits per heavy atom. The first-order chi connectivity index (χ1) is 8.63. The molecule has 1 aliphatic heterocycles. The molecule has 0 bridgehead atoms. The van der Waals surface area contributed by atoms with Crippen LogP contribution in [0.15, 0.2) is 15.2 Å². The second-order valence-corrected chi connectivity index (χ2v) is 5.50. The highest BCUT2D eigenvalue weighted by Gasteiger charge is 2.29. The third-order valence-electron chi connectivity index (χ3n) is 3.43. The molecule has 2 heterocycles. The van der Waals surface area contributed by atoms with Crippen LogP contribution in [0.2, 0.25) is 0 Å². The van der Waals surface area contributed by atoms with E-state index in [9.17, 15) is 4.79 Å². The minimum absolute atomic E-state index is 0.0589. The number of halogens is 1. The van der Waals surface area contributed by atoms with E-state index in [1.807, 2.05) is 11.8 Å². The zero-order chi connectivity index (χ0) is 13.1. The Labute approximate surface area is 115 Å². The smallest absolute Gasteiger partial charge is 0.290 e. The summed E-state index contributed by atoms with van der Waals surface area (Å²) in [6, 6.07) is 1.94. The molecule has 0 aliphatic carbocycles. The summed E-state index contributed by atoms with van der Waals surface area (Å²) in [5, 5.41) is 9.08. The molecule has 0 spiro atoms. The number of carbonyl (C=O) groups is 1. The molecule has 1 N–H and O–H groups in total. The van der Waals surface area contributed by atoms with E-state index in [0.717, 1.165) is 31.4 Å². The van der Waals surface area contributed by atoms with Gasteiger partial charge in [-0.3, -0.25) is 4.79 Å². The maximum atomic E-state index is 12.4. The molecule has 1 aromatic rings. The van der Waals surface area contributed by atoms with Crippen LogP contribution in [0.5, 0.6) is 0 Å². The van der Waals surface area contributed by atoms with Crippen LogP contribution >= 0.6 is 15.9 Å². The monoisotopic (exact) mass is 315 g/mol. The van der Waals surface area contributed by atoms with Crippen LogP contribution in [0.3, 0.4) is 0 Å².